The molecule has 2 nitrogen and oxygen atoms in total. The molecule has 10 rings (SSSR count). The third-order valence-electron chi connectivity index (χ3n) is 10.8. The standard InChI is InChI=1S/C49H37NO/c1-30-17-21-37(49(2,3)4)29-46(30)50(45-15-10-14-40-39-13-8-9-16-47(39)51-48(40)45)38-22-20-34-26-42-43-27-35-23-32(31-11-6-5-7-12-31)18-19-33(35)25-41(43)44(42)28-36(34)24-38/h5-29H,1-4H3. The first-order chi connectivity index (χ1) is 24.8. The number of aryl methyl sites for hydroxylation is 1. The highest BCUT2D eigenvalue weighted by atomic mass is 16.3. The second-order valence-corrected chi connectivity index (χ2v) is 15.1. The summed E-state index contributed by atoms with van der Waals surface area (Å²) in [6.45, 7) is 9.05. The highest BCUT2D eigenvalue weighted by molar-refractivity contribution is 6.13. The van der Waals surface area contributed by atoms with Gasteiger partial charge in [0.05, 0.1) is 5.69 Å². The van der Waals surface area contributed by atoms with Gasteiger partial charge in [-0.05, 0) is 139 Å². The topological polar surface area (TPSA) is 16.4 Å². The summed E-state index contributed by atoms with van der Waals surface area (Å²) >= 11 is 0. The van der Waals surface area contributed by atoms with Crippen molar-refractivity contribution in [3.8, 4) is 33.4 Å². The van der Waals surface area contributed by atoms with Gasteiger partial charge in [-0.1, -0.05) is 112 Å². The molecule has 1 aliphatic rings. The second-order valence-electron chi connectivity index (χ2n) is 15.1. The van der Waals surface area contributed by atoms with Crippen LogP contribution in [0.25, 0.3) is 76.9 Å². The zero-order valence-corrected chi connectivity index (χ0v) is 29.3. The maximum absolute atomic E-state index is 6.64. The maximum Gasteiger partial charge on any atom is 0.159 e. The van der Waals surface area contributed by atoms with E-state index in [1.54, 1.807) is 0 Å². The molecule has 51 heavy (non-hydrogen) atoms. The summed E-state index contributed by atoms with van der Waals surface area (Å²) in [6.07, 6.45) is 0. The van der Waals surface area contributed by atoms with E-state index in [2.05, 4.69) is 178 Å². The number of benzene rings is 8. The second kappa shape index (κ2) is 10.9. The summed E-state index contributed by atoms with van der Waals surface area (Å²) in [5.41, 5.74) is 15.4. The van der Waals surface area contributed by atoms with Crippen LogP contribution in [0.5, 0.6) is 0 Å². The minimum atomic E-state index is 0.00581. The lowest BCUT2D eigenvalue weighted by molar-refractivity contribution is 0.590. The Hall–Kier alpha value is -6.12. The summed E-state index contributed by atoms with van der Waals surface area (Å²) in [6, 6.07) is 55.6. The van der Waals surface area contributed by atoms with E-state index in [4.69, 9.17) is 4.42 Å². The lowest BCUT2D eigenvalue weighted by Gasteiger charge is -2.30. The van der Waals surface area contributed by atoms with E-state index in [1.807, 2.05) is 6.07 Å². The molecular formula is C49H37NO. The van der Waals surface area contributed by atoms with Crippen molar-refractivity contribution in [3.63, 3.8) is 0 Å². The number of fused-ring (bicyclic) bond motifs is 9. The molecule has 244 valence electrons. The van der Waals surface area contributed by atoms with E-state index in [1.165, 1.54) is 66.1 Å². The number of anilines is 3. The number of hydrogen-bond donors (Lipinski definition) is 0. The van der Waals surface area contributed by atoms with Gasteiger partial charge < -0.3 is 9.32 Å². The van der Waals surface area contributed by atoms with E-state index in [-0.39, 0.29) is 5.41 Å². The van der Waals surface area contributed by atoms with E-state index in [9.17, 15) is 0 Å². The molecule has 0 aliphatic heterocycles. The number of furan rings is 1. The van der Waals surface area contributed by atoms with Crippen molar-refractivity contribution < 1.29 is 4.42 Å². The summed E-state index contributed by atoms with van der Waals surface area (Å²) in [5.74, 6) is 0. The molecule has 0 unspecified atom stereocenters. The van der Waals surface area contributed by atoms with Gasteiger partial charge in [-0.2, -0.15) is 0 Å². The Balaban J connectivity index is 1.13. The van der Waals surface area contributed by atoms with Gasteiger partial charge in [0.15, 0.2) is 5.58 Å². The quantitative estimate of drug-likeness (QED) is 0.188. The van der Waals surface area contributed by atoms with Crippen molar-refractivity contribution in [3.05, 3.63) is 163 Å². The van der Waals surface area contributed by atoms with Gasteiger partial charge in [-0.25, -0.2) is 0 Å². The first-order valence-corrected chi connectivity index (χ1v) is 17.8. The monoisotopic (exact) mass is 655 g/mol. The Bertz CT molecular complexity index is 2850. The first kappa shape index (κ1) is 29.8. The molecule has 1 aliphatic carbocycles. The van der Waals surface area contributed by atoms with Crippen LogP contribution in [0.2, 0.25) is 0 Å². The SMILES string of the molecule is Cc1ccc(C(C)(C)C)cc1N(c1ccc2cc3c(cc2c1)-c1cc2ccc(-c4ccccc4)cc2cc1-3)c1cccc2c1oc1ccccc12. The van der Waals surface area contributed by atoms with Crippen LogP contribution < -0.4 is 4.90 Å². The molecule has 1 heterocycles. The molecule has 2 heteroatoms. The van der Waals surface area contributed by atoms with Crippen LogP contribution in [-0.2, 0) is 5.41 Å². The molecule has 9 aromatic rings. The third-order valence-corrected chi connectivity index (χ3v) is 10.8. The van der Waals surface area contributed by atoms with Crippen LogP contribution in [0, 0.1) is 6.92 Å². The van der Waals surface area contributed by atoms with Crippen molar-refractivity contribution in [1.82, 2.24) is 0 Å². The lowest BCUT2D eigenvalue weighted by atomic mass is 9.77. The van der Waals surface area contributed by atoms with Crippen molar-refractivity contribution in [2.45, 2.75) is 33.1 Å². The molecule has 0 amide bonds. The van der Waals surface area contributed by atoms with Gasteiger partial charge in [0.1, 0.15) is 5.58 Å². The maximum atomic E-state index is 6.64. The van der Waals surface area contributed by atoms with Gasteiger partial charge in [0.25, 0.3) is 0 Å². The lowest BCUT2D eigenvalue weighted by Crippen LogP contribution is -2.15. The molecule has 0 radical (unpaired) electrons. The van der Waals surface area contributed by atoms with Gasteiger partial charge in [0.2, 0.25) is 0 Å². The average Bonchev–Trinajstić information content (AvgIpc) is 3.53. The van der Waals surface area contributed by atoms with Crippen LogP contribution in [0.1, 0.15) is 31.9 Å². The zero-order chi connectivity index (χ0) is 34.4. The molecule has 0 spiro atoms. The molecule has 0 N–H and O–H groups in total. The third kappa shape index (κ3) is 4.71. The number of para-hydroxylation sites is 2. The molecule has 8 aromatic carbocycles. The largest absolute Gasteiger partial charge is 0.454 e. The van der Waals surface area contributed by atoms with Crippen LogP contribution >= 0.6 is 0 Å². The average molecular weight is 656 g/mol. The Morgan fingerprint density at radius 3 is 1.86 bits per heavy atom. The van der Waals surface area contributed by atoms with Gasteiger partial charge in [-0.15, -0.1) is 0 Å². The van der Waals surface area contributed by atoms with Crippen LogP contribution in [0.3, 0.4) is 0 Å². The van der Waals surface area contributed by atoms with Crippen molar-refractivity contribution >= 4 is 60.5 Å². The van der Waals surface area contributed by atoms with Crippen LogP contribution in [0.15, 0.2) is 156 Å². The summed E-state index contributed by atoms with van der Waals surface area (Å²) < 4.78 is 6.64. The Morgan fingerprint density at radius 1 is 0.471 bits per heavy atom. The highest BCUT2D eigenvalue weighted by Gasteiger charge is 2.26. The molecule has 0 atom stereocenters. The minimum absolute atomic E-state index is 0.00581. The Morgan fingerprint density at radius 2 is 1.12 bits per heavy atom. The van der Waals surface area contributed by atoms with Crippen LogP contribution in [-0.4, -0.2) is 0 Å². The summed E-state index contributed by atoms with van der Waals surface area (Å²) in [7, 11) is 0. The Kier molecular flexibility index (Phi) is 6.38. The zero-order valence-electron chi connectivity index (χ0n) is 29.3. The van der Waals surface area contributed by atoms with Crippen molar-refractivity contribution in [2.75, 3.05) is 4.90 Å². The fourth-order valence-corrected chi connectivity index (χ4v) is 7.99. The van der Waals surface area contributed by atoms with E-state index >= 15 is 0 Å². The van der Waals surface area contributed by atoms with Crippen LogP contribution in [0.4, 0.5) is 17.1 Å². The fraction of sp³-hybridized carbons (Fsp3) is 0.102. The van der Waals surface area contributed by atoms with E-state index < -0.39 is 0 Å². The smallest absolute Gasteiger partial charge is 0.159 e. The number of rotatable bonds is 4. The normalized spacial score (nSPS) is 12.3. The Labute approximate surface area is 298 Å². The van der Waals surface area contributed by atoms with Gasteiger partial charge in [0, 0.05) is 22.1 Å². The van der Waals surface area contributed by atoms with Crippen molar-refractivity contribution in [2.24, 2.45) is 0 Å². The molecule has 1 aromatic heterocycles. The van der Waals surface area contributed by atoms with Gasteiger partial charge in [-0.3, -0.25) is 0 Å². The van der Waals surface area contributed by atoms with Gasteiger partial charge >= 0.3 is 0 Å². The molecule has 0 saturated heterocycles. The summed E-state index contributed by atoms with van der Waals surface area (Å²) in [4.78, 5) is 2.40. The molecule has 0 saturated carbocycles. The minimum Gasteiger partial charge on any atom is -0.454 e. The highest BCUT2D eigenvalue weighted by Crippen LogP contribution is 2.51. The molecule has 0 fully saturated rings. The number of nitrogens with zero attached hydrogens (tertiary/aromatic N) is 1. The molecule has 0 bridgehead atoms. The summed E-state index contributed by atoms with van der Waals surface area (Å²) in [5, 5.41) is 7.27. The predicted octanol–water partition coefficient (Wildman–Crippen LogP) is 14.3. The van der Waals surface area contributed by atoms with Crippen molar-refractivity contribution in [1.29, 1.82) is 0 Å². The first-order valence-electron chi connectivity index (χ1n) is 17.8. The fourth-order valence-electron chi connectivity index (χ4n) is 7.99. The predicted molar refractivity (Wildman–Crippen MR) is 217 cm³/mol. The molecular weight excluding hydrogens is 619 g/mol. The van der Waals surface area contributed by atoms with E-state index in [0.717, 1.165) is 39.0 Å². The number of hydrogen-bond acceptors (Lipinski definition) is 2. The van der Waals surface area contributed by atoms with E-state index in [0.29, 0.717) is 0 Å².